The first-order valence-corrected chi connectivity index (χ1v) is 31.0. The maximum atomic E-state index is 2.51. The molecule has 2 fully saturated rings. The van der Waals surface area contributed by atoms with E-state index in [9.17, 15) is 0 Å². The summed E-state index contributed by atoms with van der Waals surface area (Å²) in [5.74, 6) is 2.49. The van der Waals surface area contributed by atoms with Crippen LogP contribution in [-0.4, -0.2) is 24.2 Å². The van der Waals surface area contributed by atoms with Crippen molar-refractivity contribution in [1.82, 2.24) is 0 Å². The molecule has 0 saturated heterocycles. The summed E-state index contributed by atoms with van der Waals surface area (Å²) in [6, 6.07) is 48.6. The van der Waals surface area contributed by atoms with Crippen molar-refractivity contribution in [3.63, 3.8) is 0 Å². The van der Waals surface area contributed by atoms with E-state index in [1.54, 1.807) is 15.0 Å². The molecule has 0 amide bonds. The molecule has 2 heterocycles. The third-order valence-corrected chi connectivity index (χ3v) is 25.9. The van der Waals surface area contributed by atoms with E-state index in [1.165, 1.54) is 71.7 Å². The Morgan fingerprint density at radius 3 is 1.19 bits per heavy atom. The Labute approximate surface area is 362 Å². The SMILES string of the molecule is C[Si](C)(C)c1cpc([Si](C)(C)[C]2[CH][CH][CH][CH]2)c(-c2ccccc2)c1.C[Si](C)([C]1[CH][CH][CH][CH]1)c1pc(-c2ccccc2)c(-c2ccccc2)cc1-c1ccccc1.[Fe]. The van der Waals surface area contributed by atoms with Gasteiger partial charge in [0.25, 0.3) is 0 Å². The van der Waals surface area contributed by atoms with Gasteiger partial charge in [-0.3, -0.25) is 0 Å². The molecule has 6 aromatic rings. The smallest absolute Gasteiger partial charge is 0.0769 e. The van der Waals surface area contributed by atoms with Crippen LogP contribution < -0.4 is 15.0 Å². The Bertz CT molecular complexity index is 2190. The predicted molar refractivity (Wildman–Crippen MR) is 258 cm³/mol. The fourth-order valence-electron chi connectivity index (χ4n) is 7.55. The molecule has 0 N–H and O–H groups in total. The van der Waals surface area contributed by atoms with Crippen LogP contribution in [-0.2, 0) is 17.1 Å². The fraction of sp³-hybridized carbons (Fsp3) is 0.137. The minimum absolute atomic E-state index is 0. The van der Waals surface area contributed by atoms with Crippen LogP contribution in [0.3, 0.4) is 0 Å². The molecule has 4 aromatic carbocycles. The van der Waals surface area contributed by atoms with Gasteiger partial charge in [0.1, 0.15) is 0 Å². The van der Waals surface area contributed by atoms with E-state index in [2.05, 4.69) is 236 Å². The summed E-state index contributed by atoms with van der Waals surface area (Å²) in [6.45, 7) is 17.3. The second-order valence-corrected chi connectivity index (χ2v) is 33.4. The van der Waals surface area contributed by atoms with Crippen molar-refractivity contribution >= 4 is 55.6 Å². The molecule has 10 radical (unpaired) electrons. The summed E-state index contributed by atoms with van der Waals surface area (Å²) in [6.07, 6.45) is 18.0. The molecule has 0 aliphatic heterocycles. The van der Waals surface area contributed by atoms with Crippen LogP contribution in [0, 0.1) is 62.4 Å². The van der Waals surface area contributed by atoms with Gasteiger partial charge in [0.15, 0.2) is 0 Å². The molecule has 0 bridgehead atoms. The largest absolute Gasteiger partial charge is 0.0943 e. The Morgan fingerprint density at radius 1 is 0.404 bits per heavy atom. The van der Waals surface area contributed by atoms with E-state index in [1.807, 2.05) is 0 Å². The van der Waals surface area contributed by atoms with Gasteiger partial charge in [-0.1, -0.05) is 195 Å². The van der Waals surface area contributed by atoms with Crippen molar-refractivity contribution in [2.45, 2.75) is 45.8 Å². The Kier molecular flexibility index (Phi) is 14.8. The Balaban J connectivity index is 0.000000197. The van der Waals surface area contributed by atoms with Crippen LogP contribution in [0.1, 0.15) is 0 Å². The molecular formula is C51H52FeP2Si3. The van der Waals surface area contributed by atoms with Crippen molar-refractivity contribution in [3.8, 4) is 44.2 Å². The molecule has 57 heavy (non-hydrogen) atoms. The zero-order chi connectivity index (χ0) is 39.3. The molecule has 8 rings (SSSR count). The van der Waals surface area contributed by atoms with Gasteiger partial charge in [-0.05, 0) is 123 Å². The third kappa shape index (κ3) is 10.0. The van der Waals surface area contributed by atoms with Gasteiger partial charge in [0.05, 0.1) is 24.2 Å². The van der Waals surface area contributed by atoms with Crippen molar-refractivity contribution in [2.24, 2.45) is 0 Å². The van der Waals surface area contributed by atoms with E-state index in [-0.39, 0.29) is 17.1 Å². The second-order valence-electron chi connectivity index (χ2n) is 16.7. The molecule has 2 aromatic heterocycles. The molecule has 0 unspecified atom stereocenters. The van der Waals surface area contributed by atoms with E-state index in [0.29, 0.717) is 0 Å². The number of benzene rings is 4. The molecule has 2 aliphatic rings. The van der Waals surface area contributed by atoms with Crippen LogP contribution in [0.5, 0.6) is 0 Å². The Morgan fingerprint density at radius 2 is 0.772 bits per heavy atom. The first kappa shape index (κ1) is 43.9. The van der Waals surface area contributed by atoms with Crippen LogP contribution in [0.25, 0.3) is 44.2 Å². The third-order valence-electron chi connectivity index (χ3n) is 11.0. The standard InChI is InChI=1S/C30H26PSi.C21H26PSi2.Fe/c1-32(2,26-20-12-13-21-26)30-28(24-16-8-4-9-17-24)22-27(23-14-6-3-7-15-23)29(31-30)25-18-10-5-11-19-25;1-23(2,3)19-15-20(17-11-7-6-8-12-17)21(22-16-19)24(4,5)18-13-9-10-14-18;/h3-22H,1-2H3;6-16H,1-5H3;. The van der Waals surface area contributed by atoms with Gasteiger partial charge in [-0.15, -0.1) is 0 Å². The van der Waals surface area contributed by atoms with Gasteiger partial charge in [0.2, 0.25) is 0 Å². The summed E-state index contributed by atoms with van der Waals surface area (Å²) in [5, 5.41) is 2.98. The minimum atomic E-state index is -1.88. The van der Waals surface area contributed by atoms with Crippen molar-refractivity contribution in [2.75, 3.05) is 0 Å². The van der Waals surface area contributed by atoms with Gasteiger partial charge in [-0.2, -0.15) is 0 Å². The average molecular weight is 867 g/mol. The summed E-state index contributed by atoms with van der Waals surface area (Å²) >= 11 is 0. The molecule has 0 spiro atoms. The first-order chi connectivity index (χ1) is 26.9. The van der Waals surface area contributed by atoms with Gasteiger partial charge in [0, 0.05) is 22.4 Å². The van der Waals surface area contributed by atoms with Crippen molar-refractivity contribution < 1.29 is 17.1 Å². The second kappa shape index (κ2) is 19.2. The van der Waals surface area contributed by atoms with Crippen LogP contribution in [0.4, 0.5) is 0 Å². The topological polar surface area (TPSA) is 0 Å². The normalized spacial score (nSPS) is 15.4. The van der Waals surface area contributed by atoms with Crippen LogP contribution in [0.15, 0.2) is 139 Å². The first-order valence-electron chi connectivity index (χ1n) is 19.7. The van der Waals surface area contributed by atoms with E-state index < -0.39 is 24.2 Å². The molecule has 6 heteroatoms. The quantitative estimate of drug-likeness (QED) is 0.127. The molecule has 2 saturated carbocycles. The number of rotatable bonds is 9. The Hall–Kier alpha value is -2.65. The molecule has 2 aliphatic carbocycles. The molecule has 0 nitrogen and oxygen atoms in total. The zero-order valence-electron chi connectivity index (χ0n) is 34.1. The summed E-state index contributed by atoms with van der Waals surface area (Å²) in [7, 11) is -2.11. The van der Waals surface area contributed by atoms with E-state index in [4.69, 9.17) is 0 Å². The number of hydrogen-bond donors (Lipinski definition) is 0. The van der Waals surface area contributed by atoms with Gasteiger partial charge < -0.3 is 0 Å². The van der Waals surface area contributed by atoms with Crippen molar-refractivity contribution in [3.05, 3.63) is 202 Å². The van der Waals surface area contributed by atoms with Gasteiger partial charge >= 0.3 is 0 Å². The molecule has 0 atom stereocenters. The average Bonchev–Trinajstić information content (AvgIpc) is 3.99. The monoisotopic (exact) mass is 866 g/mol. The predicted octanol–water partition coefficient (Wildman–Crippen LogP) is 13.5. The fourth-order valence-corrected chi connectivity index (χ4v) is 19.8. The van der Waals surface area contributed by atoms with Crippen LogP contribution >= 0.6 is 16.4 Å². The minimum Gasteiger partial charge on any atom is -0.0769 e. The summed E-state index contributed by atoms with van der Waals surface area (Å²) in [5.41, 5.74) is 12.5. The van der Waals surface area contributed by atoms with E-state index in [0.717, 1.165) is 0 Å². The zero-order valence-corrected chi connectivity index (χ0v) is 40.0. The molecule has 286 valence electrons. The van der Waals surface area contributed by atoms with Crippen molar-refractivity contribution in [1.29, 1.82) is 0 Å². The molecular weight excluding hydrogens is 815 g/mol. The van der Waals surface area contributed by atoms with E-state index >= 15 is 0 Å². The number of hydrogen-bond acceptors (Lipinski definition) is 0. The maximum Gasteiger partial charge on any atom is 0.0943 e. The summed E-state index contributed by atoms with van der Waals surface area (Å²) < 4.78 is 0. The summed E-state index contributed by atoms with van der Waals surface area (Å²) in [4.78, 5) is 3.22. The maximum absolute atomic E-state index is 2.51. The van der Waals surface area contributed by atoms with Crippen LogP contribution in [0.2, 0.25) is 45.8 Å². The van der Waals surface area contributed by atoms with Gasteiger partial charge in [-0.25, -0.2) is 0 Å².